The number of hydrogen-bond acceptors (Lipinski definition) is 3. The number of benzene rings is 1. The van der Waals surface area contributed by atoms with Crippen molar-refractivity contribution < 1.29 is 9.90 Å². The first-order valence-electron chi connectivity index (χ1n) is 7.89. The third kappa shape index (κ3) is 3.83. The molecule has 1 aromatic carbocycles. The average Bonchev–Trinajstić information content (AvgIpc) is 2.54. The second kappa shape index (κ2) is 7.57. The summed E-state index contributed by atoms with van der Waals surface area (Å²) in [6.07, 6.45) is 3.83. The van der Waals surface area contributed by atoms with Gasteiger partial charge < -0.3 is 15.7 Å². The summed E-state index contributed by atoms with van der Waals surface area (Å²) in [5, 5.41) is 16.0. The van der Waals surface area contributed by atoms with E-state index in [-0.39, 0.29) is 24.0 Å². The molecule has 0 spiro atoms. The van der Waals surface area contributed by atoms with Crippen LogP contribution in [0.25, 0.3) is 0 Å². The number of carbonyl (C=O) groups is 1. The highest BCUT2D eigenvalue weighted by Crippen LogP contribution is 2.32. The maximum atomic E-state index is 12.8. The summed E-state index contributed by atoms with van der Waals surface area (Å²) in [4.78, 5) is 12.8. The molecule has 0 aromatic heterocycles. The molecule has 1 aliphatic heterocycles. The first kappa shape index (κ1) is 16.0. The van der Waals surface area contributed by atoms with E-state index < -0.39 is 0 Å². The van der Waals surface area contributed by atoms with Crippen molar-refractivity contribution in [1.82, 2.24) is 10.6 Å². The Hall–Kier alpha value is -1.39. The number of piperidine rings is 1. The Balaban J connectivity index is 2.10. The third-order valence-corrected chi connectivity index (χ3v) is 4.37. The lowest BCUT2D eigenvalue weighted by atomic mass is 9.76. The van der Waals surface area contributed by atoms with Gasteiger partial charge in [-0.05, 0) is 31.4 Å². The van der Waals surface area contributed by atoms with E-state index in [4.69, 9.17) is 0 Å². The molecule has 1 aromatic rings. The van der Waals surface area contributed by atoms with E-state index >= 15 is 0 Å². The highest BCUT2D eigenvalue weighted by atomic mass is 16.3. The number of amides is 1. The number of aliphatic hydroxyl groups is 1. The highest BCUT2D eigenvalue weighted by Gasteiger charge is 2.39. The first-order chi connectivity index (χ1) is 10.2. The Bertz CT molecular complexity index is 436. The minimum absolute atomic E-state index is 0.0689. The van der Waals surface area contributed by atoms with E-state index in [1.165, 1.54) is 0 Å². The van der Waals surface area contributed by atoms with Crippen LogP contribution in [0.1, 0.15) is 44.2 Å². The molecule has 1 heterocycles. The Kier molecular flexibility index (Phi) is 5.76. The number of rotatable bonds is 6. The minimum atomic E-state index is -0.325. The average molecular weight is 290 g/mol. The van der Waals surface area contributed by atoms with Crippen LogP contribution in [0.2, 0.25) is 0 Å². The topological polar surface area (TPSA) is 61.4 Å². The fourth-order valence-corrected chi connectivity index (χ4v) is 3.20. The second-order valence-corrected chi connectivity index (χ2v) is 5.93. The first-order valence-corrected chi connectivity index (χ1v) is 7.89. The van der Waals surface area contributed by atoms with Crippen LogP contribution in [-0.2, 0) is 4.79 Å². The Morgan fingerprint density at radius 2 is 2.19 bits per heavy atom. The molecule has 4 heteroatoms. The molecular formula is C17H26N2O2. The van der Waals surface area contributed by atoms with Crippen LogP contribution >= 0.6 is 0 Å². The molecule has 1 unspecified atom stereocenters. The third-order valence-electron chi connectivity index (χ3n) is 4.37. The molecule has 1 saturated heterocycles. The number of carbonyl (C=O) groups excluding carboxylic acids is 1. The second-order valence-electron chi connectivity index (χ2n) is 5.93. The smallest absolute Gasteiger partial charge is 0.228 e. The van der Waals surface area contributed by atoms with Crippen molar-refractivity contribution in [3.63, 3.8) is 0 Å². The van der Waals surface area contributed by atoms with E-state index in [1.54, 1.807) is 0 Å². The van der Waals surface area contributed by atoms with Gasteiger partial charge in [-0.15, -0.1) is 0 Å². The monoisotopic (exact) mass is 290 g/mol. The van der Waals surface area contributed by atoms with Gasteiger partial charge >= 0.3 is 0 Å². The summed E-state index contributed by atoms with van der Waals surface area (Å²) >= 11 is 0. The van der Waals surface area contributed by atoms with Gasteiger partial charge in [-0.2, -0.15) is 0 Å². The predicted molar refractivity (Wildman–Crippen MR) is 83.9 cm³/mol. The van der Waals surface area contributed by atoms with Gasteiger partial charge in [0.2, 0.25) is 5.91 Å². The van der Waals surface area contributed by atoms with E-state index in [1.807, 2.05) is 30.3 Å². The van der Waals surface area contributed by atoms with E-state index in [0.717, 1.165) is 44.3 Å². The summed E-state index contributed by atoms with van der Waals surface area (Å²) in [7, 11) is 0. The summed E-state index contributed by atoms with van der Waals surface area (Å²) in [6.45, 7) is 3.76. The van der Waals surface area contributed by atoms with Crippen LogP contribution < -0.4 is 10.6 Å². The van der Waals surface area contributed by atoms with Crippen molar-refractivity contribution in [1.29, 1.82) is 0 Å². The molecule has 116 valence electrons. The molecule has 2 rings (SSSR count). The Morgan fingerprint density at radius 1 is 1.43 bits per heavy atom. The molecule has 1 amide bonds. The molecule has 0 bridgehead atoms. The summed E-state index contributed by atoms with van der Waals surface area (Å²) in [5.74, 6) is 0.0689. The molecule has 1 aliphatic rings. The molecule has 21 heavy (non-hydrogen) atoms. The quantitative estimate of drug-likeness (QED) is 0.751. The SMILES string of the molecule is CCCC1(C(=O)N[C@H](CO)c2ccccc2)CCCNC1. The number of nitrogens with one attached hydrogen (secondary N) is 2. The van der Waals surface area contributed by atoms with E-state index in [2.05, 4.69) is 17.6 Å². The molecule has 4 nitrogen and oxygen atoms in total. The van der Waals surface area contributed by atoms with Crippen LogP contribution in [0.5, 0.6) is 0 Å². The maximum Gasteiger partial charge on any atom is 0.228 e. The van der Waals surface area contributed by atoms with Crippen molar-refractivity contribution in [2.24, 2.45) is 5.41 Å². The van der Waals surface area contributed by atoms with Gasteiger partial charge in [-0.25, -0.2) is 0 Å². The van der Waals surface area contributed by atoms with Crippen molar-refractivity contribution in [2.75, 3.05) is 19.7 Å². The molecular weight excluding hydrogens is 264 g/mol. The lowest BCUT2D eigenvalue weighted by Gasteiger charge is -2.37. The fourth-order valence-electron chi connectivity index (χ4n) is 3.20. The predicted octanol–water partition coefficient (Wildman–Crippen LogP) is 2.01. The molecule has 0 aliphatic carbocycles. The van der Waals surface area contributed by atoms with Gasteiger partial charge in [0.1, 0.15) is 0 Å². The lowest BCUT2D eigenvalue weighted by Crippen LogP contribution is -2.51. The van der Waals surface area contributed by atoms with Crippen molar-refractivity contribution in [3.8, 4) is 0 Å². The fraction of sp³-hybridized carbons (Fsp3) is 0.588. The van der Waals surface area contributed by atoms with Crippen molar-refractivity contribution in [2.45, 2.75) is 38.6 Å². The summed E-state index contributed by atoms with van der Waals surface area (Å²) in [5.41, 5.74) is 0.624. The van der Waals surface area contributed by atoms with Crippen LogP contribution in [0.15, 0.2) is 30.3 Å². The Labute approximate surface area is 126 Å². The normalized spacial score (nSPS) is 23.5. The lowest BCUT2D eigenvalue weighted by molar-refractivity contribution is -0.133. The van der Waals surface area contributed by atoms with Crippen LogP contribution in [0.4, 0.5) is 0 Å². The zero-order valence-electron chi connectivity index (χ0n) is 12.8. The molecule has 3 N–H and O–H groups in total. The maximum absolute atomic E-state index is 12.8. The van der Waals surface area contributed by atoms with Gasteiger partial charge in [0.15, 0.2) is 0 Å². The van der Waals surface area contributed by atoms with Gasteiger partial charge in [0, 0.05) is 6.54 Å². The zero-order valence-corrected chi connectivity index (χ0v) is 12.8. The van der Waals surface area contributed by atoms with Crippen molar-refractivity contribution >= 4 is 5.91 Å². The van der Waals surface area contributed by atoms with Crippen LogP contribution in [0, 0.1) is 5.41 Å². The number of hydrogen-bond donors (Lipinski definition) is 3. The van der Waals surface area contributed by atoms with E-state index in [0.29, 0.717) is 0 Å². The molecule has 2 atom stereocenters. The molecule has 1 fully saturated rings. The Morgan fingerprint density at radius 3 is 2.76 bits per heavy atom. The van der Waals surface area contributed by atoms with Crippen LogP contribution in [0.3, 0.4) is 0 Å². The van der Waals surface area contributed by atoms with E-state index in [9.17, 15) is 9.90 Å². The standard InChI is InChI=1S/C17H26N2O2/c1-2-9-17(10-6-11-18-13-17)16(21)19-15(12-20)14-7-4-3-5-8-14/h3-5,7-8,15,18,20H,2,6,9-13H2,1H3,(H,19,21)/t15-,17?/m1/s1. The minimum Gasteiger partial charge on any atom is -0.394 e. The van der Waals surface area contributed by atoms with Gasteiger partial charge in [0.25, 0.3) is 0 Å². The largest absolute Gasteiger partial charge is 0.394 e. The van der Waals surface area contributed by atoms with Crippen molar-refractivity contribution in [3.05, 3.63) is 35.9 Å². The summed E-state index contributed by atoms with van der Waals surface area (Å²) < 4.78 is 0. The van der Waals surface area contributed by atoms with Crippen LogP contribution in [-0.4, -0.2) is 30.7 Å². The highest BCUT2D eigenvalue weighted by molar-refractivity contribution is 5.83. The summed E-state index contributed by atoms with van der Waals surface area (Å²) in [6, 6.07) is 9.33. The molecule has 0 radical (unpaired) electrons. The van der Waals surface area contributed by atoms with Gasteiger partial charge in [-0.1, -0.05) is 43.7 Å². The molecule has 0 saturated carbocycles. The zero-order chi connectivity index (χ0) is 15.1. The van der Waals surface area contributed by atoms with Gasteiger partial charge in [-0.3, -0.25) is 4.79 Å². The number of aliphatic hydroxyl groups excluding tert-OH is 1. The van der Waals surface area contributed by atoms with Gasteiger partial charge in [0.05, 0.1) is 18.1 Å².